The third-order valence-electron chi connectivity index (χ3n) is 5.38. The van der Waals surface area contributed by atoms with Crippen molar-refractivity contribution in [3.05, 3.63) is 35.4 Å². The molecule has 2 aromatic rings. The van der Waals surface area contributed by atoms with Gasteiger partial charge in [0.25, 0.3) is 5.91 Å². The minimum absolute atomic E-state index is 0.111. The van der Waals surface area contributed by atoms with Gasteiger partial charge >= 0.3 is 0 Å². The number of aromatic nitrogens is 2. The molecule has 0 aromatic carbocycles. The fourth-order valence-electron chi connectivity index (χ4n) is 3.56. The Morgan fingerprint density at radius 3 is 2.84 bits per heavy atom. The zero-order valence-electron chi connectivity index (χ0n) is 18.1. The largest absolute Gasteiger partial charge is 0.455 e. The van der Waals surface area contributed by atoms with Crippen LogP contribution in [0.3, 0.4) is 0 Å². The number of ether oxygens (including phenoxy) is 2. The Morgan fingerprint density at radius 2 is 2.10 bits per heavy atom. The van der Waals surface area contributed by atoms with Gasteiger partial charge in [-0.3, -0.25) is 4.79 Å². The SMILES string of the molecule is CC(C)c1cc(N2CCOCC2)nc(SCc2ccc(C(=O)NCC3CCCO3)o2)n1. The van der Waals surface area contributed by atoms with E-state index in [1.807, 2.05) is 6.07 Å². The molecule has 2 aliphatic rings. The van der Waals surface area contributed by atoms with E-state index in [0.29, 0.717) is 42.3 Å². The maximum atomic E-state index is 12.3. The van der Waals surface area contributed by atoms with Crippen LogP contribution in [0.1, 0.15) is 54.6 Å². The molecule has 2 saturated heterocycles. The summed E-state index contributed by atoms with van der Waals surface area (Å²) in [6.45, 7) is 8.66. The molecule has 1 unspecified atom stereocenters. The predicted molar refractivity (Wildman–Crippen MR) is 119 cm³/mol. The van der Waals surface area contributed by atoms with Crippen molar-refractivity contribution in [2.75, 3.05) is 44.4 Å². The topological polar surface area (TPSA) is 89.7 Å². The smallest absolute Gasteiger partial charge is 0.287 e. The van der Waals surface area contributed by atoms with E-state index in [-0.39, 0.29) is 12.0 Å². The monoisotopic (exact) mass is 446 g/mol. The van der Waals surface area contributed by atoms with Gasteiger partial charge in [-0.1, -0.05) is 25.6 Å². The Bertz CT molecular complexity index is 876. The quantitative estimate of drug-likeness (QED) is 0.488. The highest BCUT2D eigenvalue weighted by atomic mass is 32.2. The summed E-state index contributed by atoms with van der Waals surface area (Å²) in [5.41, 5.74) is 1.02. The van der Waals surface area contributed by atoms with E-state index in [4.69, 9.17) is 23.9 Å². The van der Waals surface area contributed by atoms with Crippen LogP contribution in [0.25, 0.3) is 0 Å². The molecule has 0 saturated carbocycles. The molecule has 4 rings (SSSR count). The third-order valence-corrected chi connectivity index (χ3v) is 6.25. The average Bonchev–Trinajstić information content (AvgIpc) is 3.49. The van der Waals surface area contributed by atoms with E-state index >= 15 is 0 Å². The highest BCUT2D eigenvalue weighted by Gasteiger charge is 2.19. The van der Waals surface area contributed by atoms with Gasteiger partial charge in [0, 0.05) is 38.0 Å². The lowest BCUT2D eigenvalue weighted by Crippen LogP contribution is -2.37. The van der Waals surface area contributed by atoms with Gasteiger partial charge in [-0.05, 0) is 30.9 Å². The molecular weight excluding hydrogens is 416 g/mol. The molecule has 1 amide bonds. The standard InChI is InChI=1S/C22H30N4O4S/c1-15(2)18-12-20(26-7-10-28-11-8-26)25-22(24-18)31-14-17-5-6-19(30-17)21(27)23-13-16-4-3-9-29-16/h5-6,12,15-16H,3-4,7-11,13-14H2,1-2H3,(H,23,27). The van der Waals surface area contributed by atoms with Crippen molar-refractivity contribution >= 4 is 23.5 Å². The average molecular weight is 447 g/mol. The number of thioether (sulfide) groups is 1. The van der Waals surface area contributed by atoms with Crippen LogP contribution in [0.5, 0.6) is 0 Å². The fourth-order valence-corrected chi connectivity index (χ4v) is 4.31. The highest BCUT2D eigenvalue weighted by Crippen LogP contribution is 2.26. The van der Waals surface area contributed by atoms with E-state index in [1.54, 1.807) is 6.07 Å². The van der Waals surface area contributed by atoms with Gasteiger partial charge in [-0.2, -0.15) is 0 Å². The van der Waals surface area contributed by atoms with Crippen molar-refractivity contribution in [2.45, 2.75) is 49.6 Å². The van der Waals surface area contributed by atoms with E-state index in [9.17, 15) is 4.79 Å². The summed E-state index contributed by atoms with van der Waals surface area (Å²) in [7, 11) is 0. The number of hydrogen-bond acceptors (Lipinski definition) is 8. The number of hydrogen-bond donors (Lipinski definition) is 1. The van der Waals surface area contributed by atoms with Gasteiger partial charge in [-0.25, -0.2) is 9.97 Å². The second kappa shape index (κ2) is 10.5. The van der Waals surface area contributed by atoms with Crippen molar-refractivity contribution in [3.63, 3.8) is 0 Å². The summed E-state index contributed by atoms with van der Waals surface area (Å²) in [6.07, 6.45) is 2.15. The molecule has 0 spiro atoms. The summed E-state index contributed by atoms with van der Waals surface area (Å²) in [6, 6.07) is 5.62. The molecular formula is C22H30N4O4S. The molecule has 31 heavy (non-hydrogen) atoms. The Balaban J connectivity index is 1.37. The van der Waals surface area contributed by atoms with E-state index in [1.165, 1.54) is 11.8 Å². The van der Waals surface area contributed by atoms with Crippen LogP contribution in [0.2, 0.25) is 0 Å². The van der Waals surface area contributed by atoms with E-state index < -0.39 is 0 Å². The summed E-state index contributed by atoms with van der Waals surface area (Å²) in [5.74, 6) is 2.64. The fraction of sp³-hybridized carbons (Fsp3) is 0.591. The van der Waals surface area contributed by atoms with Crippen LogP contribution in [0.15, 0.2) is 27.8 Å². The third kappa shape index (κ3) is 5.99. The Kier molecular flexibility index (Phi) is 7.47. The molecule has 1 N–H and O–H groups in total. The van der Waals surface area contributed by atoms with Crippen LogP contribution >= 0.6 is 11.8 Å². The highest BCUT2D eigenvalue weighted by molar-refractivity contribution is 7.98. The van der Waals surface area contributed by atoms with Crippen LogP contribution in [-0.2, 0) is 15.2 Å². The van der Waals surface area contributed by atoms with Gasteiger partial charge < -0.3 is 24.1 Å². The molecule has 1 atom stereocenters. The molecule has 8 nitrogen and oxygen atoms in total. The number of furan rings is 1. The lowest BCUT2D eigenvalue weighted by atomic mass is 10.1. The number of amides is 1. The van der Waals surface area contributed by atoms with Gasteiger partial charge in [0.05, 0.1) is 25.1 Å². The zero-order valence-corrected chi connectivity index (χ0v) is 19.0. The number of carbonyl (C=O) groups is 1. The maximum Gasteiger partial charge on any atom is 0.287 e. The van der Waals surface area contributed by atoms with Crippen molar-refractivity contribution in [3.8, 4) is 0 Å². The lowest BCUT2D eigenvalue weighted by Gasteiger charge is -2.28. The summed E-state index contributed by atoms with van der Waals surface area (Å²) in [4.78, 5) is 24.0. The summed E-state index contributed by atoms with van der Waals surface area (Å²) in [5, 5.41) is 3.60. The van der Waals surface area contributed by atoms with Crippen molar-refractivity contribution in [2.24, 2.45) is 0 Å². The van der Waals surface area contributed by atoms with Crippen molar-refractivity contribution in [1.82, 2.24) is 15.3 Å². The maximum absolute atomic E-state index is 12.3. The molecule has 2 fully saturated rings. The molecule has 2 aromatic heterocycles. The van der Waals surface area contributed by atoms with Gasteiger partial charge in [0.1, 0.15) is 11.6 Å². The minimum atomic E-state index is -0.209. The first-order valence-corrected chi connectivity index (χ1v) is 11.9. The number of nitrogens with zero attached hydrogens (tertiary/aromatic N) is 3. The number of anilines is 1. The Labute approximate surface area is 187 Å². The molecule has 4 heterocycles. The molecule has 168 valence electrons. The predicted octanol–water partition coefficient (Wildman–Crippen LogP) is 3.23. The van der Waals surface area contributed by atoms with Crippen LogP contribution in [-0.4, -0.2) is 61.4 Å². The van der Waals surface area contributed by atoms with Crippen molar-refractivity contribution < 1.29 is 18.7 Å². The summed E-state index contributed by atoms with van der Waals surface area (Å²) >= 11 is 1.52. The van der Waals surface area contributed by atoms with Gasteiger partial charge in [0.2, 0.25) is 0 Å². The second-order valence-corrected chi connectivity index (χ2v) is 9.03. The van der Waals surface area contributed by atoms with Crippen molar-refractivity contribution in [1.29, 1.82) is 0 Å². The normalized spacial score (nSPS) is 19.2. The summed E-state index contributed by atoms with van der Waals surface area (Å²) < 4.78 is 16.7. The van der Waals surface area contributed by atoms with Crippen LogP contribution in [0.4, 0.5) is 5.82 Å². The van der Waals surface area contributed by atoms with Crippen LogP contribution < -0.4 is 10.2 Å². The second-order valence-electron chi connectivity index (χ2n) is 8.09. The Morgan fingerprint density at radius 1 is 1.26 bits per heavy atom. The number of rotatable bonds is 8. The molecule has 0 aliphatic carbocycles. The first kappa shape index (κ1) is 22.1. The number of nitrogens with one attached hydrogen (secondary N) is 1. The van der Waals surface area contributed by atoms with Gasteiger partial charge in [-0.15, -0.1) is 0 Å². The first-order valence-electron chi connectivity index (χ1n) is 10.9. The van der Waals surface area contributed by atoms with E-state index in [2.05, 4.69) is 30.1 Å². The molecule has 0 radical (unpaired) electrons. The van der Waals surface area contributed by atoms with E-state index in [0.717, 1.165) is 49.8 Å². The number of morpholine rings is 1. The Hall–Kier alpha value is -2.10. The molecule has 2 aliphatic heterocycles. The molecule has 0 bridgehead atoms. The van der Waals surface area contributed by atoms with Crippen LogP contribution in [0, 0.1) is 0 Å². The zero-order chi connectivity index (χ0) is 21.6. The minimum Gasteiger partial charge on any atom is -0.455 e. The van der Waals surface area contributed by atoms with Gasteiger partial charge in [0.15, 0.2) is 10.9 Å². The lowest BCUT2D eigenvalue weighted by molar-refractivity contribution is 0.0834. The first-order chi connectivity index (χ1) is 15.1. The number of carbonyl (C=O) groups excluding carboxylic acids is 1. The molecule has 9 heteroatoms.